The van der Waals surface area contributed by atoms with Crippen LogP contribution >= 0.6 is 0 Å². The van der Waals surface area contributed by atoms with Crippen molar-refractivity contribution in [3.63, 3.8) is 0 Å². The van der Waals surface area contributed by atoms with Crippen LogP contribution in [0.1, 0.15) is 52.9 Å². The summed E-state index contributed by atoms with van der Waals surface area (Å²) in [6.07, 6.45) is 4.07. The summed E-state index contributed by atoms with van der Waals surface area (Å²) in [7, 11) is 0. The van der Waals surface area contributed by atoms with E-state index in [1.807, 2.05) is 0 Å². The first-order valence-electron chi connectivity index (χ1n) is 7.07. The van der Waals surface area contributed by atoms with Crippen LogP contribution in [-0.4, -0.2) is 34.5 Å². The molecule has 20 heavy (non-hydrogen) atoms. The van der Waals surface area contributed by atoms with E-state index in [9.17, 15) is 14.4 Å². The van der Waals surface area contributed by atoms with Crippen molar-refractivity contribution in [2.24, 2.45) is 5.92 Å². The summed E-state index contributed by atoms with van der Waals surface area (Å²) < 4.78 is 0. The van der Waals surface area contributed by atoms with Crippen LogP contribution in [0.3, 0.4) is 0 Å². The van der Waals surface area contributed by atoms with Crippen LogP contribution in [0.5, 0.6) is 0 Å². The van der Waals surface area contributed by atoms with Gasteiger partial charge in [0.05, 0.1) is 0 Å². The maximum absolute atomic E-state index is 11.9. The molecule has 1 aliphatic carbocycles. The predicted molar refractivity (Wildman–Crippen MR) is 74.0 cm³/mol. The first-order valence-corrected chi connectivity index (χ1v) is 7.07. The number of carboxylic acid groups (broad SMARTS) is 1. The quantitative estimate of drug-likeness (QED) is 0.679. The highest BCUT2D eigenvalue weighted by atomic mass is 16.4. The third kappa shape index (κ3) is 4.83. The summed E-state index contributed by atoms with van der Waals surface area (Å²) in [5.74, 6) is -1.40. The van der Waals surface area contributed by atoms with Crippen molar-refractivity contribution in [3.05, 3.63) is 0 Å². The van der Waals surface area contributed by atoms with Gasteiger partial charge in [0.2, 0.25) is 11.8 Å². The van der Waals surface area contributed by atoms with E-state index in [-0.39, 0.29) is 30.2 Å². The third-order valence-electron chi connectivity index (χ3n) is 3.59. The Hall–Kier alpha value is -1.59. The summed E-state index contributed by atoms with van der Waals surface area (Å²) in [6.45, 7) is 4.60. The van der Waals surface area contributed by atoms with Gasteiger partial charge in [-0.05, 0) is 33.6 Å². The molecule has 1 fully saturated rings. The van der Waals surface area contributed by atoms with Crippen molar-refractivity contribution >= 4 is 17.8 Å². The summed E-state index contributed by atoms with van der Waals surface area (Å²) >= 11 is 0. The van der Waals surface area contributed by atoms with E-state index < -0.39 is 11.5 Å². The first kappa shape index (κ1) is 16.5. The Labute approximate surface area is 119 Å². The van der Waals surface area contributed by atoms with Crippen LogP contribution in [0.2, 0.25) is 0 Å². The summed E-state index contributed by atoms with van der Waals surface area (Å²) in [6, 6.07) is -0.298. The normalized spacial score (nSPS) is 17.6. The van der Waals surface area contributed by atoms with Crippen molar-refractivity contribution in [3.8, 4) is 0 Å². The fourth-order valence-corrected chi connectivity index (χ4v) is 2.33. The van der Waals surface area contributed by atoms with Gasteiger partial charge in [0.25, 0.3) is 0 Å². The van der Waals surface area contributed by atoms with E-state index in [0.29, 0.717) is 0 Å². The maximum atomic E-state index is 11.9. The molecule has 0 aromatic carbocycles. The molecule has 2 amide bonds. The molecule has 1 rings (SSSR count). The van der Waals surface area contributed by atoms with Crippen LogP contribution in [0.25, 0.3) is 0 Å². The van der Waals surface area contributed by atoms with Gasteiger partial charge in [-0.3, -0.25) is 9.59 Å². The Balaban J connectivity index is 2.37. The molecule has 0 aromatic rings. The number of amides is 2. The van der Waals surface area contributed by atoms with Crippen LogP contribution < -0.4 is 10.6 Å². The van der Waals surface area contributed by atoms with Crippen molar-refractivity contribution in [2.45, 2.75) is 64.5 Å². The average Bonchev–Trinajstić information content (AvgIpc) is 2.80. The second-order valence-corrected chi connectivity index (χ2v) is 6.07. The SMILES string of the molecule is CC(CC(=O)NC(C)(C)C(=O)O)NC(=O)C1CCCC1. The Morgan fingerprint density at radius 3 is 2.30 bits per heavy atom. The molecular formula is C14H24N2O4. The molecule has 0 aromatic heterocycles. The number of carboxylic acids is 1. The summed E-state index contributed by atoms with van der Waals surface area (Å²) in [4.78, 5) is 34.6. The van der Waals surface area contributed by atoms with Crippen molar-refractivity contribution in [2.75, 3.05) is 0 Å². The Bertz CT molecular complexity index is 387. The second kappa shape index (κ2) is 6.72. The standard InChI is InChI=1S/C14H24N2O4/c1-9(15-12(18)10-6-4-5-7-10)8-11(17)16-14(2,3)13(19)20/h9-10H,4-8H2,1-3H3,(H,15,18)(H,16,17)(H,19,20). The largest absolute Gasteiger partial charge is 0.480 e. The van der Waals surface area contributed by atoms with Crippen molar-refractivity contribution < 1.29 is 19.5 Å². The Kier molecular flexibility index (Phi) is 5.53. The average molecular weight is 284 g/mol. The van der Waals surface area contributed by atoms with Crippen LogP contribution in [-0.2, 0) is 14.4 Å². The van der Waals surface area contributed by atoms with Crippen LogP contribution in [0.4, 0.5) is 0 Å². The second-order valence-electron chi connectivity index (χ2n) is 6.07. The zero-order chi connectivity index (χ0) is 15.3. The fraction of sp³-hybridized carbons (Fsp3) is 0.786. The highest BCUT2D eigenvalue weighted by Crippen LogP contribution is 2.24. The van der Waals surface area contributed by atoms with Gasteiger partial charge in [0.1, 0.15) is 5.54 Å². The predicted octanol–water partition coefficient (Wildman–Crippen LogP) is 1.05. The molecule has 0 saturated heterocycles. The van der Waals surface area contributed by atoms with Gasteiger partial charge >= 0.3 is 5.97 Å². The molecule has 0 spiro atoms. The molecule has 1 unspecified atom stereocenters. The minimum Gasteiger partial charge on any atom is -0.480 e. The highest BCUT2D eigenvalue weighted by Gasteiger charge is 2.30. The lowest BCUT2D eigenvalue weighted by atomic mass is 10.0. The molecule has 3 N–H and O–H groups in total. The van der Waals surface area contributed by atoms with E-state index >= 15 is 0 Å². The topological polar surface area (TPSA) is 95.5 Å². The lowest BCUT2D eigenvalue weighted by molar-refractivity contribution is -0.146. The number of aliphatic carboxylic acids is 1. The molecule has 0 radical (unpaired) electrons. The zero-order valence-corrected chi connectivity index (χ0v) is 12.4. The summed E-state index contributed by atoms with van der Waals surface area (Å²) in [5, 5.41) is 14.2. The molecule has 1 saturated carbocycles. The minimum atomic E-state index is -1.30. The number of nitrogens with one attached hydrogen (secondary N) is 2. The van der Waals surface area contributed by atoms with Gasteiger partial charge in [-0.1, -0.05) is 12.8 Å². The third-order valence-corrected chi connectivity index (χ3v) is 3.59. The number of hydrogen-bond donors (Lipinski definition) is 3. The van der Waals surface area contributed by atoms with E-state index in [0.717, 1.165) is 25.7 Å². The fourth-order valence-electron chi connectivity index (χ4n) is 2.33. The van der Waals surface area contributed by atoms with Gasteiger partial charge in [-0.2, -0.15) is 0 Å². The molecule has 6 nitrogen and oxygen atoms in total. The Morgan fingerprint density at radius 1 is 1.25 bits per heavy atom. The number of carbonyl (C=O) groups excluding carboxylic acids is 2. The maximum Gasteiger partial charge on any atom is 0.328 e. The van der Waals surface area contributed by atoms with Gasteiger partial charge in [0, 0.05) is 18.4 Å². The van der Waals surface area contributed by atoms with E-state index in [1.54, 1.807) is 6.92 Å². The van der Waals surface area contributed by atoms with Crippen LogP contribution in [0.15, 0.2) is 0 Å². The first-order chi connectivity index (χ1) is 9.22. The molecule has 1 aliphatic rings. The number of hydrogen-bond acceptors (Lipinski definition) is 3. The van der Waals surface area contributed by atoms with Gasteiger partial charge in [-0.25, -0.2) is 4.79 Å². The van der Waals surface area contributed by atoms with E-state index in [2.05, 4.69) is 10.6 Å². The Morgan fingerprint density at radius 2 is 1.80 bits per heavy atom. The van der Waals surface area contributed by atoms with Gasteiger partial charge in [-0.15, -0.1) is 0 Å². The van der Waals surface area contributed by atoms with Gasteiger partial charge in [0.15, 0.2) is 0 Å². The van der Waals surface area contributed by atoms with Gasteiger partial charge < -0.3 is 15.7 Å². The number of rotatable bonds is 6. The molecule has 0 aliphatic heterocycles. The van der Waals surface area contributed by atoms with E-state index in [1.165, 1.54) is 13.8 Å². The van der Waals surface area contributed by atoms with E-state index in [4.69, 9.17) is 5.11 Å². The smallest absolute Gasteiger partial charge is 0.328 e. The molecule has 0 bridgehead atoms. The molecular weight excluding hydrogens is 260 g/mol. The number of carbonyl (C=O) groups is 3. The molecule has 0 heterocycles. The van der Waals surface area contributed by atoms with Crippen molar-refractivity contribution in [1.82, 2.24) is 10.6 Å². The highest BCUT2D eigenvalue weighted by molar-refractivity contribution is 5.87. The lowest BCUT2D eigenvalue weighted by Crippen LogP contribution is -2.51. The van der Waals surface area contributed by atoms with Crippen molar-refractivity contribution in [1.29, 1.82) is 0 Å². The zero-order valence-electron chi connectivity index (χ0n) is 12.4. The van der Waals surface area contributed by atoms with Crippen LogP contribution in [0, 0.1) is 5.92 Å². The lowest BCUT2D eigenvalue weighted by Gasteiger charge is -2.23. The monoisotopic (exact) mass is 284 g/mol. The minimum absolute atomic E-state index is 0.000273. The molecule has 114 valence electrons. The summed E-state index contributed by atoms with van der Waals surface area (Å²) in [5.41, 5.74) is -1.30. The molecule has 6 heteroatoms. The molecule has 1 atom stereocenters.